The van der Waals surface area contributed by atoms with E-state index in [2.05, 4.69) is 0 Å². The lowest BCUT2D eigenvalue weighted by Gasteiger charge is -2.34. The van der Waals surface area contributed by atoms with E-state index in [0.717, 1.165) is 8.96 Å². The van der Waals surface area contributed by atoms with Crippen LogP contribution in [0.2, 0.25) is 0 Å². The number of amides is 2. The molecule has 0 aromatic carbocycles. The average Bonchev–Trinajstić information content (AvgIpc) is 3.24. The third-order valence-electron chi connectivity index (χ3n) is 5.81. The van der Waals surface area contributed by atoms with Gasteiger partial charge in [0, 0.05) is 42.7 Å². The van der Waals surface area contributed by atoms with Crippen molar-refractivity contribution in [1.82, 2.24) is 9.54 Å². The fourth-order valence-corrected chi connectivity index (χ4v) is 4.70. The molecule has 1 saturated heterocycles. The van der Waals surface area contributed by atoms with Crippen LogP contribution >= 0.6 is 0 Å². The van der Waals surface area contributed by atoms with Gasteiger partial charge in [0.05, 0.1) is 6.42 Å². The van der Waals surface area contributed by atoms with Crippen molar-refractivity contribution < 1.29 is 32.3 Å². The van der Waals surface area contributed by atoms with E-state index >= 15 is 8.63 Å². The largest absolute Gasteiger partial charge is 0.737 e. The van der Waals surface area contributed by atoms with E-state index in [9.17, 15) is 14.4 Å². The molecular weight excluding hydrogens is 395 g/mol. The van der Waals surface area contributed by atoms with Crippen molar-refractivity contribution in [3.8, 4) is 0 Å². The first kappa shape index (κ1) is 20.2. The molecule has 0 unspecified atom stereocenters. The Balaban J connectivity index is 1.70. The minimum absolute atomic E-state index is 0.0125. The maximum atomic E-state index is 15.5. The highest BCUT2D eigenvalue weighted by Gasteiger charge is 2.54. The van der Waals surface area contributed by atoms with Crippen molar-refractivity contribution in [2.75, 3.05) is 0 Å². The van der Waals surface area contributed by atoms with Gasteiger partial charge in [0.15, 0.2) is 5.70 Å². The molecule has 2 amide bonds. The highest BCUT2D eigenvalue weighted by Crippen LogP contribution is 2.43. The number of aryl methyl sites for hydroxylation is 2. The van der Waals surface area contributed by atoms with Crippen LogP contribution in [0.3, 0.4) is 0 Å². The predicted molar refractivity (Wildman–Crippen MR) is 105 cm³/mol. The van der Waals surface area contributed by atoms with Gasteiger partial charge in [-0.05, 0) is 44.5 Å². The van der Waals surface area contributed by atoms with Gasteiger partial charge >= 0.3 is 12.9 Å². The third kappa shape index (κ3) is 2.85. The van der Waals surface area contributed by atoms with Crippen LogP contribution in [-0.2, 0) is 19.2 Å². The molecule has 3 aliphatic heterocycles. The fourth-order valence-electron chi connectivity index (χ4n) is 4.70. The Bertz CT molecular complexity index is 1100. The highest BCUT2D eigenvalue weighted by atomic mass is 19.2. The number of hydroxylamine groups is 2. The summed E-state index contributed by atoms with van der Waals surface area (Å²) in [5.74, 6) is -1.86. The molecule has 10 heteroatoms. The minimum atomic E-state index is -4.06. The first-order valence-electron chi connectivity index (χ1n) is 9.86. The summed E-state index contributed by atoms with van der Waals surface area (Å²) in [6.45, 7) is 2.75. The number of hydrogen-bond acceptors (Lipinski definition) is 4. The molecule has 1 aromatic heterocycles. The molecule has 3 aliphatic rings. The van der Waals surface area contributed by atoms with E-state index in [0.29, 0.717) is 44.6 Å². The number of rotatable bonds is 4. The molecule has 0 atom stereocenters. The topological polar surface area (TPSA) is 71.6 Å². The van der Waals surface area contributed by atoms with Crippen LogP contribution in [0.4, 0.5) is 8.63 Å². The molecule has 0 N–H and O–H groups in total. The molecule has 158 valence electrons. The number of carbonyl (C=O) groups excluding carboxylic acids is 3. The minimum Gasteiger partial charge on any atom is -0.394 e. The van der Waals surface area contributed by atoms with Crippen molar-refractivity contribution in [2.45, 2.75) is 53.4 Å². The Labute approximate surface area is 172 Å². The van der Waals surface area contributed by atoms with Crippen LogP contribution in [0.5, 0.6) is 0 Å². The molecule has 0 spiro atoms. The van der Waals surface area contributed by atoms with E-state index in [1.54, 1.807) is 39.8 Å². The van der Waals surface area contributed by atoms with Gasteiger partial charge in [-0.15, -0.1) is 5.06 Å². The zero-order chi connectivity index (χ0) is 22.0. The normalized spacial score (nSPS) is 20.1. The van der Waals surface area contributed by atoms with Gasteiger partial charge in [-0.3, -0.25) is 9.59 Å². The number of halogens is 2. The molecule has 0 bridgehead atoms. The van der Waals surface area contributed by atoms with Crippen molar-refractivity contribution in [2.24, 2.45) is 0 Å². The summed E-state index contributed by atoms with van der Waals surface area (Å²) >= 11 is 0. The van der Waals surface area contributed by atoms with Crippen LogP contribution in [0, 0.1) is 13.8 Å². The van der Waals surface area contributed by atoms with Gasteiger partial charge in [0.2, 0.25) is 0 Å². The summed E-state index contributed by atoms with van der Waals surface area (Å²) in [5.41, 5.74) is 3.72. The van der Waals surface area contributed by atoms with Crippen molar-refractivity contribution in [3.63, 3.8) is 0 Å². The fraction of sp³-hybridized carbons (Fsp3) is 0.400. The number of hydrogen-bond donors (Lipinski definition) is 0. The summed E-state index contributed by atoms with van der Waals surface area (Å²) in [4.78, 5) is 40.6. The average molecular weight is 417 g/mol. The Kier molecular flexibility index (Phi) is 4.56. The summed E-state index contributed by atoms with van der Waals surface area (Å²) in [6, 6.07) is 1.71. The molecule has 1 fully saturated rings. The van der Waals surface area contributed by atoms with E-state index in [1.807, 2.05) is 0 Å². The molecule has 30 heavy (non-hydrogen) atoms. The van der Waals surface area contributed by atoms with E-state index in [-0.39, 0.29) is 25.7 Å². The summed E-state index contributed by atoms with van der Waals surface area (Å²) < 4.78 is 33.1. The van der Waals surface area contributed by atoms with Gasteiger partial charge < -0.3 is 22.4 Å². The molecule has 0 aliphatic carbocycles. The number of carbonyl (C=O) groups is 3. The van der Waals surface area contributed by atoms with Crippen molar-refractivity contribution in [1.29, 1.82) is 0 Å². The first-order valence-corrected chi connectivity index (χ1v) is 9.86. The van der Waals surface area contributed by atoms with E-state index < -0.39 is 24.8 Å². The van der Waals surface area contributed by atoms with Gasteiger partial charge in [-0.25, -0.2) is 4.79 Å². The molecule has 4 rings (SSSR count). The number of aromatic nitrogens is 1. The van der Waals surface area contributed by atoms with Gasteiger partial charge in [-0.1, -0.05) is 0 Å². The SMILES string of the molecule is CC1=CC(C)=[N+]2C1=C(CCC(=O)ON1C(=O)CCC1=O)c1c(C)cc(C)n1[B-]2(F)F. The summed E-state index contributed by atoms with van der Waals surface area (Å²) in [5, 5.41) is 0.501. The van der Waals surface area contributed by atoms with E-state index in [1.165, 1.54) is 0 Å². The summed E-state index contributed by atoms with van der Waals surface area (Å²) in [7, 11) is 0. The monoisotopic (exact) mass is 417 g/mol. The Morgan fingerprint density at radius 2 is 1.80 bits per heavy atom. The molecule has 1 aromatic rings. The number of allylic oxidation sites excluding steroid dienone is 3. The molecule has 0 radical (unpaired) electrons. The lowest BCUT2D eigenvalue weighted by atomic mass is 9.85. The van der Waals surface area contributed by atoms with Gasteiger partial charge in [-0.2, -0.15) is 0 Å². The predicted octanol–water partition coefficient (Wildman–Crippen LogP) is 2.87. The van der Waals surface area contributed by atoms with Gasteiger partial charge in [0.1, 0.15) is 5.71 Å². The number of imide groups is 1. The number of fused-ring (bicyclic) bond motifs is 2. The molecule has 4 heterocycles. The van der Waals surface area contributed by atoms with Gasteiger partial charge in [0.25, 0.3) is 11.8 Å². The molecule has 7 nitrogen and oxygen atoms in total. The lowest BCUT2D eigenvalue weighted by molar-refractivity contribution is -0.363. The van der Waals surface area contributed by atoms with Crippen molar-refractivity contribution in [3.05, 3.63) is 40.4 Å². The van der Waals surface area contributed by atoms with Crippen LogP contribution in [-0.4, -0.2) is 44.5 Å². The second kappa shape index (κ2) is 6.75. The standard InChI is InChI=1S/C20H22BF2N3O4/c1-11-9-13(3)24-19(11)15(20-12(2)10-14(4)25(20)21(24,22)23)5-8-18(29)30-26-16(27)6-7-17(26)28/h9-10H,5-8H2,1-4H3. The van der Waals surface area contributed by atoms with E-state index in [4.69, 9.17) is 4.84 Å². The van der Waals surface area contributed by atoms with Crippen molar-refractivity contribution >= 4 is 36.0 Å². The molecular formula is C20H22BF2N3O4. The first-order chi connectivity index (χ1) is 14.0. The smallest absolute Gasteiger partial charge is 0.394 e. The second-order valence-corrected chi connectivity index (χ2v) is 7.99. The Morgan fingerprint density at radius 3 is 2.43 bits per heavy atom. The Morgan fingerprint density at radius 1 is 1.17 bits per heavy atom. The lowest BCUT2D eigenvalue weighted by Crippen LogP contribution is -2.51. The quantitative estimate of drug-likeness (QED) is 0.558. The maximum absolute atomic E-state index is 15.5. The van der Waals surface area contributed by atoms with Crippen LogP contribution in [0.1, 0.15) is 56.5 Å². The molecule has 0 saturated carbocycles. The third-order valence-corrected chi connectivity index (χ3v) is 5.81. The number of nitrogens with zero attached hydrogens (tertiary/aromatic N) is 3. The zero-order valence-electron chi connectivity index (χ0n) is 17.3. The Hall–Kier alpha value is -3.04. The van der Waals surface area contributed by atoms with Crippen LogP contribution < -0.4 is 0 Å². The maximum Gasteiger partial charge on any atom is 0.737 e. The van der Waals surface area contributed by atoms with Crippen LogP contribution in [0.15, 0.2) is 23.4 Å². The zero-order valence-corrected chi connectivity index (χ0v) is 17.3. The highest BCUT2D eigenvalue weighted by molar-refractivity contribution is 6.58. The van der Waals surface area contributed by atoms with Crippen LogP contribution in [0.25, 0.3) is 5.57 Å². The summed E-state index contributed by atoms with van der Waals surface area (Å²) in [6.07, 6.45) is 1.72. The second-order valence-electron chi connectivity index (χ2n) is 7.99.